The Bertz CT molecular complexity index is 293. The van der Waals surface area contributed by atoms with Crippen molar-refractivity contribution in [3.05, 3.63) is 17.5 Å². The van der Waals surface area contributed by atoms with Crippen molar-refractivity contribution in [1.29, 1.82) is 0 Å². The molecule has 0 aliphatic carbocycles. The van der Waals surface area contributed by atoms with E-state index in [0.717, 1.165) is 5.69 Å². The van der Waals surface area contributed by atoms with Gasteiger partial charge >= 0.3 is 0 Å². The maximum absolute atomic E-state index is 11.5. The molecule has 1 rings (SSSR count). The van der Waals surface area contributed by atoms with Crippen LogP contribution in [-0.2, 0) is 7.05 Å². The molecular formula is C10H16N2O. The number of hydrogen-bond donors (Lipinski definition) is 0. The van der Waals surface area contributed by atoms with Crippen molar-refractivity contribution in [2.24, 2.45) is 13.0 Å². The molecule has 0 saturated heterocycles. The van der Waals surface area contributed by atoms with Crippen molar-refractivity contribution < 1.29 is 4.79 Å². The van der Waals surface area contributed by atoms with E-state index in [-0.39, 0.29) is 5.78 Å². The first-order valence-electron chi connectivity index (χ1n) is 4.54. The molecule has 0 atom stereocenters. The molecule has 0 N–H and O–H groups in total. The van der Waals surface area contributed by atoms with Crippen LogP contribution in [0.2, 0.25) is 0 Å². The van der Waals surface area contributed by atoms with Crippen LogP contribution in [0.3, 0.4) is 0 Å². The number of carbonyl (C=O) groups is 1. The van der Waals surface area contributed by atoms with Gasteiger partial charge in [0, 0.05) is 19.2 Å². The van der Waals surface area contributed by atoms with Crippen molar-refractivity contribution in [3.63, 3.8) is 0 Å². The molecule has 3 heteroatoms. The van der Waals surface area contributed by atoms with Crippen LogP contribution in [0.4, 0.5) is 0 Å². The second kappa shape index (κ2) is 3.73. The lowest BCUT2D eigenvalue weighted by atomic mass is 10.1. The van der Waals surface area contributed by atoms with Gasteiger partial charge in [0.05, 0.1) is 0 Å². The van der Waals surface area contributed by atoms with E-state index in [1.54, 1.807) is 4.68 Å². The number of rotatable bonds is 3. The quantitative estimate of drug-likeness (QED) is 0.666. The van der Waals surface area contributed by atoms with E-state index in [1.807, 2.05) is 33.9 Å². The highest BCUT2D eigenvalue weighted by Gasteiger charge is 2.11. The minimum absolute atomic E-state index is 0.138. The Hall–Kier alpha value is -1.12. The first kappa shape index (κ1) is 9.96. The predicted molar refractivity (Wildman–Crippen MR) is 51.7 cm³/mol. The van der Waals surface area contributed by atoms with Crippen LogP contribution in [0, 0.1) is 12.8 Å². The highest BCUT2D eigenvalue weighted by molar-refractivity contribution is 5.94. The second-order valence-corrected chi connectivity index (χ2v) is 3.82. The van der Waals surface area contributed by atoms with E-state index in [9.17, 15) is 4.79 Å². The minimum Gasteiger partial charge on any atom is -0.292 e. The summed E-state index contributed by atoms with van der Waals surface area (Å²) in [6.45, 7) is 6.01. The van der Waals surface area contributed by atoms with Crippen LogP contribution in [0.15, 0.2) is 6.07 Å². The summed E-state index contributed by atoms with van der Waals surface area (Å²) in [5.41, 5.74) is 1.61. The molecule has 0 saturated carbocycles. The van der Waals surface area contributed by atoms with Crippen molar-refractivity contribution in [3.8, 4) is 0 Å². The number of hydrogen-bond acceptors (Lipinski definition) is 2. The van der Waals surface area contributed by atoms with Gasteiger partial charge in [-0.05, 0) is 18.9 Å². The van der Waals surface area contributed by atoms with Crippen LogP contribution in [0.5, 0.6) is 0 Å². The zero-order chi connectivity index (χ0) is 10.0. The third-order valence-corrected chi connectivity index (χ3v) is 1.99. The van der Waals surface area contributed by atoms with Crippen molar-refractivity contribution in [1.82, 2.24) is 9.78 Å². The summed E-state index contributed by atoms with van der Waals surface area (Å²) in [6.07, 6.45) is 0.580. The average Bonchev–Trinajstić information content (AvgIpc) is 2.31. The van der Waals surface area contributed by atoms with Gasteiger partial charge < -0.3 is 0 Å². The first-order chi connectivity index (χ1) is 6.00. The molecule has 1 aromatic rings. The average molecular weight is 180 g/mol. The first-order valence-corrected chi connectivity index (χ1v) is 4.54. The van der Waals surface area contributed by atoms with E-state index < -0.39 is 0 Å². The summed E-state index contributed by atoms with van der Waals surface area (Å²) < 4.78 is 1.73. The molecule has 1 heterocycles. The largest absolute Gasteiger partial charge is 0.292 e. The van der Waals surface area contributed by atoms with Crippen molar-refractivity contribution in [2.75, 3.05) is 0 Å². The molecule has 0 bridgehead atoms. The van der Waals surface area contributed by atoms with Crippen molar-refractivity contribution in [2.45, 2.75) is 27.2 Å². The van der Waals surface area contributed by atoms with E-state index >= 15 is 0 Å². The number of aryl methyl sites for hydroxylation is 2. The van der Waals surface area contributed by atoms with Gasteiger partial charge in [-0.1, -0.05) is 13.8 Å². The van der Waals surface area contributed by atoms with Gasteiger partial charge in [-0.25, -0.2) is 0 Å². The van der Waals surface area contributed by atoms with Gasteiger partial charge in [-0.2, -0.15) is 5.10 Å². The Kier molecular flexibility index (Phi) is 2.86. The molecule has 13 heavy (non-hydrogen) atoms. The number of aromatic nitrogens is 2. The third-order valence-electron chi connectivity index (χ3n) is 1.99. The fourth-order valence-corrected chi connectivity index (χ4v) is 1.17. The van der Waals surface area contributed by atoms with Crippen LogP contribution < -0.4 is 0 Å². The lowest BCUT2D eigenvalue weighted by molar-refractivity contribution is 0.0962. The third kappa shape index (κ3) is 2.41. The highest BCUT2D eigenvalue weighted by Crippen LogP contribution is 2.08. The van der Waals surface area contributed by atoms with Crippen LogP contribution in [0.1, 0.15) is 36.5 Å². The highest BCUT2D eigenvalue weighted by atomic mass is 16.1. The number of ketones is 1. The number of carbonyl (C=O) groups excluding carboxylic acids is 1. The molecule has 0 unspecified atom stereocenters. The normalized spacial score (nSPS) is 10.8. The van der Waals surface area contributed by atoms with Gasteiger partial charge in [-0.15, -0.1) is 0 Å². The summed E-state index contributed by atoms with van der Waals surface area (Å²) in [4.78, 5) is 11.5. The topological polar surface area (TPSA) is 34.9 Å². The van der Waals surface area contributed by atoms with Crippen LogP contribution in [-0.4, -0.2) is 15.6 Å². The Morgan fingerprint density at radius 3 is 2.62 bits per heavy atom. The maximum atomic E-state index is 11.5. The molecule has 0 aromatic carbocycles. The molecule has 0 radical (unpaired) electrons. The lowest BCUT2D eigenvalue weighted by Crippen LogP contribution is -2.05. The van der Waals surface area contributed by atoms with E-state index in [2.05, 4.69) is 5.10 Å². The molecule has 3 nitrogen and oxygen atoms in total. The lowest BCUT2D eigenvalue weighted by Gasteiger charge is -1.99. The summed E-state index contributed by atoms with van der Waals surface area (Å²) in [5.74, 6) is 0.536. The van der Waals surface area contributed by atoms with Gasteiger partial charge in [0.1, 0.15) is 5.69 Å². The van der Waals surface area contributed by atoms with Gasteiger partial charge in [0.15, 0.2) is 5.78 Å². The fraction of sp³-hybridized carbons (Fsp3) is 0.600. The summed E-state index contributed by atoms with van der Waals surface area (Å²) in [5, 5.41) is 4.13. The molecule has 72 valence electrons. The zero-order valence-electron chi connectivity index (χ0n) is 8.66. The number of Topliss-reactive ketones (excluding diaryl/α,β-unsaturated/α-hetero) is 1. The predicted octanol–water partition coefficient (Wildman–Crippen LogP) is 1.96. The van der Waals surface area contributed by atoms with E-state index in [1.165, 1.54) is 0 Å². The monoisotopic (exact) mass is 180 g/mol. The summed E-state index contributed by atoms with van der Waals surface area (Å²) >= 11 is 0. The smallest absolute Gasteiger partial charge is 0.183 e. The molecule has 0 aliphatic rings. The summed E-state index contributed by atoms with van der Waals surface area (Å²) in [6, 6.07) is 1.84. The number of nitrogens with zero attached hydrogens (tertiary/aromatic N) is 2. The van der Waals surface area contributed by atoms with Gasteiger partial charge in [0.25, 0.3) is 0 Å². The molecule has 0 amide bonds. The van der Waals surface area contributed by atoms with Crippen molar-refractivity contribution >= 4 is 5.78 Å². The van der Waals surface area contributed by atoms with Gasteiger partial charge in [-0.3, -0.25) is 9.48 Å². The molecule has 0 aliphatic heterocycles. The molecule has 0 fully saturated rings. The molecule has 1 aromatic heterocycles. The van der Waals surface area contributed by atoms with E-state index in [4.69, 9.17) is 0 Å². The Balaban J connectivity index is 2.77. The van der Waals surface area contributed by atoms with Crippen LogP contribution >= 0.6 is 0 Å². The minimum atomic E-state index is 0.138. The Morgan fingerprint density at radius 1 is 1.62 bits per heavy atom. The zero-order valence-corrected chi connectivity index (χ0v) is 8.66. The fourth-order valence-electron chi connectivity index (χ4n) is 1.17. The Morgan fingerprint density at radius 2 is 2.23 bits per heavy atom. The standard InChI is InChI=1S/C10H16N2O/c1-7(2)5-10(13)9-6-8(3)12(4)11-9/h6-7H,5H2,1-4H3. The summed E-state index contributed by atoms with van der Waals surface area (Å²) in [7, 11) is 1.85. The molecular weight excluding hydrogens is 164 g/mol. The SMILES string of the molecule is Cc1cc(C(=O)CC(C)C)nn1C. The maximum Gasteiger partial charge on any atom is 0.183 e. The second-order valence-electron chi connectivity index (χ2n) is 3.82. The van der Waals surface area contributed by atoms with Gasteiger partial charge in [0.2, 0.25) is 0 Å². The molecule has 0 spiro atoms. The van der Waals surface area contributed by atoms with E-state index in [0.29, 0.717) is 18.0 Å². The van der Waals surface area contributed by atoms with Crippen LogP contribution in [0.25, 0.3) is 0 Å². The Labute approximate surface area is 78.8 Å².